The molecular formula is C31H37F3N2O11. The Morgan fingerprint density at radius 3 is 2.60 bits per heavy atom. The Bertz CT molecular complexity index is 1400. The van der Waals surface area contributed by atoms with Crippen LogP contribution in [0.1, 0.15) is 51.2 Å². The number of esters is 3. The largest absolute Gasteiger partial charge is 0.460 e. The molecule has 3 heterocycles. The molecule has 47 heavy (non-hydrogen) atoms. The molecule has 7 unspecified atom stereocenters. The van der Waals surface area contributed by atoms with Crippen LogP contribution in [0.2, 0.25) is 0 Å². The van der Waals surface area contributed by atoms with Crippen molar-refractivity contribution in [2.24, 2.45) is 5.41 Å². The number of carbonyl (C=O) groups is 4. The number of nitrogens with zero attached hydrogens (tertiary/aromatic N) is 1. The van der Waals surface area contributed by atoms with Gasteiger partial charge in [0.1, 0.15) is 42.2 Å². The summed E-state index contributed by atoms with van der Waals surface area (Å²) in [6, 6.07) is 4.46. The number of aliphatic hydroxyl groups is 1. The monoisotopic (exact) mass is 670 g/mol. The van der Waals surface area contributed by atoms with Crippen molar-refractivity contribution in [3.05, 3.63) is 41.5 Å². The molecule has 258 valence electrons. The van der Waals surface area contributed by atoms with Gasteiger partial charge in [-0.05, 0) is 44.4 Å². The third-order valence-corrected chi connectivity index (χ3v) is 8.33. The first kappa shape index (κ1) is 34.8. The Kier molecular flexibility index (Phi) is 9.99. The normalized spacial score (nSPS) is 29.3. The van der Waals surface area contributed by atoms with Crippen molar-refractivity contribution in [2.45, 2.75) is 94.9 Å². The zero-order chi connectivity index (χ0) is 34.1. The van der Waals surface area contributed by atoms with Crippen LogP contribution in [-0.4, -0.2) is 102 Å². The molecule has 0 spiro atoms. The van der Waals surface area contributed by atoms with Crippen molar-refractivity contribution in [1.82, 2.24) is 10.4 Å². The summed E-state index contributed by atoms with van der Waals surface area (Å²) < 4.78 is 64.2. The number of ether oxygens (including phenoxy) is 5. The van der Waals surface area contributed by atoms with E-state index >= 15 is 0 Å². The Hall–Kier alpha value is -3.57. The number of hydrogen-bond donors (Lipinski definition) is 2. The summed E-state index contributed by atoms with van der Waals surface area (Å²) in [5.74, 6) is -3.05. The molecule has 7 atom stereocenters. The van der Waals surface area contributed by atoms with Gasteiger partial charge in [0, 0.05) is 18.9 Å². The quantitative estimate of drug-likeness (QED) is 0.201. The van der Waals surface area contributed by atoms with Crippen LogP contribution in [0, 0.1) is 5.41 Å². The summed E-state index contributed by atoms with van der Waals surface area (Å²) in [4.78, 5) is 58.4. The topological polar surface area (TPSA) is 159 Å². The van der Waals surface area contributed by atoms with Crippen LogP contribution in [0.5, 0.6) is 0 Å². The van der Waals surface area contributed by atoms with E-state index in [4.69, 9.17) is 23.8 Å². The van der Waals surface area contributed by atoms with Crippen LogP contribution < -0.4 is 5.32 Å². The first-order valence-corrected chi connectivity index (χ1v) is 15.1. The van der Waals surface area contributed by atoms with E-state index in [-0.39, 0.29) is 32.6 Å². The van der Waals surface area contributed by atoms with Crippen LogP contribution in [0.3, 0.4) is 0 Å². The predicted octanol–water partition coefficient (Wildman–Crippen LogP) is 1.95. The Balaban J connectivity index is 1.38. The molecule has 2 N–H and O–H groups in total. The van der Waals surface area contributed by atoms with Crippen molar-refractivity contribution in [3.8, 4) is 0 Å². The molecule has 1 aromatic rings. The lowest BCUT2D eigenvalue weighted by Crippen LogP contribution is -2.70. The average Bonchev–Trinajstić information content (AvgIpc) is 3.61. The van der Waals surface area contributed by atoms with Crippen LogP contribution in [0.25, 0.3) is 6.08 Å². The second-order valence-corrected chi connectivity index (χ2v) is 12.8. The smallest absolute Gasteiger partial charge is 0.422 e. The zero-order valence-corrected chi connectivity index (χ0v) is 26.0. The molecule has 5 rings (SSSR count). The van der Waals surface area contributed by atoms with Gasteiger partial charge in [0.2, 0.25) is 5.91 Å². The third-order valence-electron chi connectivity index (χ3n) is 8.33. The van der Waals surface area contributed by atoms with Crippen molar-refractivity contribution in [3.63, 3.8) is 0 Å². The van der Waals surface area contributed by atoms with Crippen molar-refractivity contribution in [1.29, 1.82) is 0 Å². The summed E-state index contributed by atoms with van der Waals surface area (Å²) in [6.45, 7) is 2.73. The summed E-state index contributed by atoms with van der Waals surface area (Å²) in [5, 5.41) is 14.2. The first-order chi connectivity index (χ1) is 22.1. The summed E-state index contributed by atoms with van der Waals surface area (Å²) in [5.41, 5.74) is -1.34. The average molecular weight is 671 g/mol. The molecule has 1 aliphatic carbocycles. The van der Waals surface area contributed by atoms with Gasteiger partial charge in [0.05, 0.1) is 19.2 Å². The highest BCUT2D eigenvalue weighted by molar-refractivity contribution is 5.94. The van der Waals surface area contributed by atoms with E-state index in [1.165, 1.54) is 11.1 Å². The number of fused-ring (bicyclic) bond motifs is 4. The van der Waals surface area contributed by atoms with Crippen molar-refractivity contribution < 1.29 is 66.0 Å². The molecule has 0 aromatic heterocycles. The van der Waals surface area contributed by atoms with Gasteiger partial charge in [0.25, 0.3) is 0 Å². The molecule has 3 aliphatic heterocycles. The molecule has 4 aliphatic rings. The molecule has 3 saturated heterocycles. The molecule has 1 aromatic carbocycles. The molecule has 2 bridgehead atoms. The van der Waals surface area contributed by atoms with E-state index in [1.807, 2.05) is 0 Å². The van der Waals surface area contributed by atoms with E-state index in [0.29, 0.717) is 11.1 Å². The number of carbonyl (C=O) groups excluding carboxylic acids is 4. The molecule has 1 saturated carbocycles. The highest BCUT2D eigenvalue weighted by atomic mass is 19.4. The van der Waals surface area contributed by atoms with Crippen LogP contribution in [-0.2, 0) is 54.2 Å². The van der Waals surface area contributed by atoms with Gasteiger partial charge < -0.3 is 34.1 Å². The highest BCUT2D eigenvalue weighted by Crippen LogP contribution is 2.55. The van der Waals surface area contributed by atoms with Gasteiger partial charge in [-0.1, -0.05) is 24.3 Å². The molecule has 0 radical (unpaired) electrons. The Morgan fingerprint density at radius 2 is 1.89 bits per heavy atom. The molecular weight excluding hydrogens is 633 g/mol. The van der Waals surface area contributed by atoms with Crippen LogP contribution >= 0.6 is 0 Å². The first-order valence-electron chi connectivity index (χ1n) is 15.1. The fourth-order valence-corrected chi connectivity index (χ4v) is 6.41. The number of hydrogen-bond acceptors (Lipinski definition) is 12. The van der Waals surface area contributed by atoms with Gasteiger partial charge >= 0.3 is 24.1 Å². The van der Waals surface area contributed by atoms with E-state index in [0.717, 1.165) is 6.08 Å². The lowest BCUT2D eigenvalue weighted by molar-refractivity contribution is -0.201. The number of alkyl halides is 3. The molecule has 1 amide bonds. The summed E-state index contributed by atoms with van der Waals surface area (Å²) in [6.07, 6.45) is -5.83. The fourth-order valence-electron chi connectivity index (χ4n) is 6.41. The van der Waals surface area contributed by atoms with Gasteiger partial charge in [-0.15, -0.1) is 0 Å². The number of aliphatic hydroxyl groups excluding tert-OH is 1. The van der Waals surface area contributed by atoms with E-state index in [9.17, 15) is 37.5 Å². The van der Waals surface area contributed by atoms with Gasteiger partial charge in [0.15, 0.2) is 12.6 Å². The number of hydroxylamine groups is 2. The Morgan fingerprint density at radius 1 is 1.17 bits per heavy atom. The third kappa shape index (κ3) is 7.62. The molecule has 16 heteroatoms. The summed E-state index contributed by atoms with van der Waals surface area (Å²) in [7, 11) is 0. The minimum absolute atomic E-state index is 0.0255. The van der Waals surface area contributed by atoms with E-state index in [1.54, 1.807) is 45.0 Å². The van der Waals surface area contributed by atoms with E-state index in [2.05, 4.69) is 10.1 Å². The maximum atomic E-state index is 14.3. The maximum Gasteiger partial charge on any atom is 0.422 e. The number of nitrogens with one attached hydrogen (secondary N) is 1. The minimum Gasteiger partial charge on any atom is -0.460 e. The van der Waals surface area contributed by atoms with E-state index < -0.39 is 90.7 Å². The zero-order valence-electron chi connectivity index (χ0n) is 26.0. The SMILES string of the molecule is CC(C)(C)OC(=O)CCC(CO)NC(=O)C12CC3OC(=O)C1N(Cc1ccccc1C=CC(=O)OCC(F)(F)F)OC2C1OCOC31. The lowest BCUT2D eigenvalue weighted by Gasteiger charge is -2.49. The number of amides is 1. The van der Waals surface area contributed by atoms with Gasteiger partial charge in [-0.3, -0.25) is 19.2 Å². The highest BCUT2D eigenvalue weighted by Gasteiger charge is 2.74. The second-order valence-electron chi connectivity index (χ2n) is 12.8. The Labute approximate surface area is 268 Å². The predicted molar refractivity (Wildman–Crippen MR) is 152 cm³/mol. The van der Waals surface area contributed by atoms with Crippen LogP contribution in [0.15, 0.2) is 30.3 Å². The summed E-state index contributed by atoms with van der Waals surface area (Å²) >= 11 is 0. The second kappa shape index (κ2) is 13.5. The number of benzene rings is 1. The van der Waals surface area contributed by atoms with Crippen molar-refractivity contribution >= 4 is 29.9 Å². The fraction of sp³-hybridized carbons (Fsp3) is 0.613. The van der Waals surface area contributed by atoms with Gasteiger partial charge in [-0.2, -0.15) is 18.2 Å². The van der Waals surface area contributed by atoms with Crippen molar-refractivity contribution in [2.75, 3.05) is 20.0 Å². The van der Waals surface area contributed by atoms with Crippen LogP contribution in [0.4, 0.5) is 13.2 Å². The standard InChI is InChI=1S/C31H37F3N2O11/c1-29(2,3)46-22(39)11-9-19(14-37)35-28(41)30-12-20-23-24(44-16-43-23)26(30)47-36(25(30)27(40)45-20)13-18-7-5-4-6-17(18)8-10-21(38)42-15-31(32,33)34/h4-8,10,19-20,23-26,37H,9,11-16H2,1-3H3,(H,35,41). The minimum atomic E-state index is -4.68. The van der Waals surface area contributed by atoms with Gasteiger partial charge in [-0.25, -0.2) is 4.79 Å². The number of halogens is 3. The lowest BCUT2D eigenvalue weighted by atomic mass is 9.62. The number of rotatable bonds is 11. The maximum absolute atomic E-state index is 14.3. The molecule has 4 fully saturated rings. The molecule has 13 nitrogen and oxygen atoms in total.